The molecule has 98 valence electrons. The van der Waals surface area contributed by atoms with Crippen LogP contribution in [-0.2, 0) is 4.57 Å². The minimum absolute atomic E-state index is 1.11. The topological polar surface area (TPSA) is 106 Å². The molecule has 1 aromatic heterocycles. The van der Waals surface area contributed by atoms with Crippen molar-refractivity contribution >= 4 is 7.82 Å². The Bertz CT molecular complexity index is 536. The first kappa shape index (κ1) is 14.6. The number of aromatic nitrogens is 2. The summed E-state index contributed by atoms with van der Waals surface area (Å²) in [4.78, 5) is 21.6. The van der Waals surface area contributed by atoms with Gasteiger partial charge >= 0.3 is 7.82 Å². The van der Waals surface area contributed by atoms with Crippen LogP contribution in [0.15, 0.2) is 30.5 Å². The van der Waals surface area contributed by atoms with Gasteiger partial charge in [-0.3, -0.25) is 5.10 Å². The molecule has 1 aromatic carbocycles. The lowest BCUT2D eigenvalue weighted by Crippen LogP contribution is -1.79. The Hall–Kier alpha value is -1.46. The molecule has 6 nitrogen and oxygen atoms in total. The molecule has 1 heterocycles. The second-order valence-corrected chi connectivity index (χ2v) is 4.81. The summed E-state index contributed by atoms with van der Waals surface area (Å²) in [6, 6.07) is 8.46. The lowest BCUT2D eigenvalue weighted by atomic mass is 10.1. The lowest BCUT2D eigenvalue weighted by molar-refractivity contribution is 0.275. The Morgan fingerprint density at radius 2 is 1.61 bits per heavy atom. The molecule has 0 aliphatic rings. The van der Waals surface area contributed by atoms with Gasteiger partial charge in [0.1, 0.15) is 0 Å². The number of hydrogen-bond acceptors (Lipinski definition) is 2. The molecule has 4 N–H and O–H groups in total. The zero-order valence-corrected chi connectivity index (χ0v) is 10.9. The van der Waals surface area contributed by atoms with E-state index in [1.54, 1.807) is 0 Å². The normalized spacial score (nSPS) is 10.7. The summed E-state index contributed by atoms with van der Waals surface area (Å²) in [5.74, 6) is 0. The van der Waals surface area contributed by atoms with Gasteiger partial charge < -0.3 is 14.7 Å². The van der Waals surface area contributed by atoms with Crippen molar-refractivity contribution in [3.05, 3.63) is 41.7 Å². The average molecular weight is 270 g/mol. The zero-order chi connectivity index (χ0) is 13.8. The third-order valence-corrected chi connectivity index (χ3v) is 2.19. The summed E-state index contributed by atoms with van der Waals surface area (Å²) < 4.78 is 8.88. The van der Waals surface area contributed by atoms with Crippen LogP contribution in [0.4, 0.5) is 0 Å². The molecule has 18 heavy (non-hydrogen) atoms. The highest BCUT2D eigenvalue weighted by Gasteiger charge is 2.02. The van der Waals surface area contributed by atoms with Crippen molar-refractivity contribution in [1.29, 1.82) is 0 Å². The fraction of sp³-hybridized carbons (Fsp3) is 0.182. The number of phosphoric acid groups is 1. The summed E-state index contributed by atoms with van der Waals surface area (Å²) in [6.07, 6.45) is 1.86. The fourth-order valence-corrected chi connectivity index (χ4v) is 1.37. The number of hydrogen-bond donors (Lipinski definition) is 4. The van der Waals surface area contributed by atoms with Crippen LogP contribution in [0.5, 0.6) is 0 Å². The first-order chi connectivity index (χ1) is 8.27. The maximum atomic E-state index is 8.88. The molecule has 0 unspecified atom stereocenters. The summed E-state index contributed by atoms with van der Waals surface area (Å²) >= 11 is 0. The third kappa shape index (κ3) is 5.25. The maximum absolute atomic E-state index is 8.88. The van der Waals surface area contributed by atoms with Gasteiger partial charge in [0.25, 0.3) is 0 Å². The van der Waals surface area contributed by atoms with Crippen LogP contribution in [0.3, 0.4) is 0 Å². The van der Waals surface area contributed by atoms with E-state index in [0.29, 0.717) is 0 Å². The maximum Gasteiger partial charge on any atom is 0.466 e. The first-order valence-corrected chi connectivity index (χ1v) is 6.69. The number of nitrogens with zero attached hydrogens (tertiary/aromatic N) is 1. The van der Waals surface area contributed by atoms with Crippen molar-refractivity contribution < 1.29 is 19.2 Å². The van der Waals surface area contributed by atoms with Crippen molar-refractivity contribution in [2.45, 2.75) is 13.8 Å². The smallest absolute Gasteiger partial charge is 0.303 e. The molecule has 0 aliphatic carbocycles. The Labute approximate surface area is 105 Å². The largest absolute Gasteiger partial charge is 0.466 e. The Kier molecular flexibility index (Phi) is 4.81. The van der Waals surface area contributed by atoms with E-state index in [-0.39, 0.29) is 0 Å². The molecule has 0 aliphatic heterocycles. The molecule has 0 radical (unpaired) electrons. The van der Waals surface area contributed by atoms with Crippen molar-refractivity contribution in [2.75, 3.05) is 0 Å². The summed E-state index contributed by atoms with van der Waals surface area (Å²) in [7, 11) is -4.64. The van der Waals surface area contributed by atoms with Gasteiger partial charge in [0, 0.05) is 11.3 Å². The molecule has 7 heteroatoms. The highest BCUT2D eigenvalue weighted by molar-refractivity contribution is 7.45. The number of H-pyrrole nitrogens is 1. The second kappa shape index (κ2) is 5.93. The molecule has 0 saturated heterocycles. The van der Waals surface area contributed by atoms with Crippen LogP contribution in [0.2, 0.25) is 0 Å². The van der Waals surface area contributed by atoms with Crippen molar-refractivity contribution in [1.82, 2.24) is 10.2 Å². The van der Waals surface area contributed by atoms with E-state index < -0.39 is 7.82 Å². The summed E-state index contributed by atoms with van der Waals surface area (Å²) in [5, 5.41) is 6.93. The van der Waals surface area contributed by atoms with Gasteiger partial charge in [0.15, 0.2) is 0 Å². The minimum atomic E-state index is -4.64. The minimum Gasteiger partial charge on any atom is -0.303 e. The van der Waals surface area contributed by atoms with Gasteiger partial charge in [-0.2, -0.15) is 5.10 Å². The van der Waals surface area contributed by atoms with Crippen molar-refractivity contribution in [3.8, 4) is 11.1 Å². The van der Waals surface area contributed by atoms with Crippen LogP contribution >= 0.6 is 7.82 Å². The Morgan fingerprint density at radius 3 is 2.00 bits per heavy atom. The average Bonchev–Trinajstić information content (AvgIpc) is 2.63. The molecule has 0 bridgehead atoms. The molecule has 2 rings (SSSR count). The van der Waals surface area contributed by atoms with E-state index in [1.807, 2.05) is 13.1 Å². The number of nitrogens with one attached hydrogen (secondary N) is 1. The lowest BCUT2D eigenvalue weighted by Gasteiger charge is -1.99. The molecular formula is C11H15N2O4P. The predicted octanol–water partition coefficient (Wildman–Crippen LogP) is 1.76. The van der Waals surface area contributed by atoms with E-state index in [1.165, 1.54) is 16.7 Å². The van der Waals surface area contributed by atoms with E-state index in [0.717, 1.165) is 5.69 Å². The molecule has 0 amide bonds. The molecular weight excluding hydrogens is 255 g/mol. The van der Waals surface area contributed by atoms with Crippen LogP contribution in [0.1, 0.15) is 11.3 Å². The number of rotatable bonds is 1. The quantitative estimate of drug-likeness (QED) is 0.591. The SMILES string of the molecule is Cc1ccc(-c2cn[nH]c2C)cc1.O=P(O)(O)O. The molecule has 0 fully saturated rings. The standard InChI is InChI=1S/C11H12N2.H3O4P/c1-8-3-5-10(6-4-8)11-7-12-13-9(11)2;1-5(2,3)4/h3-7H,1-2H3,(H,12,13);(H3,1,2,3,4). The monoisotopic (exact) mass is 270 g/mol. The van der Waals surface area contributed by atoms with Crippen LogP contribution in [0.25, 0.3) is 11.1 Å². The molecule has 2 aromatic rings. The van der Waals surface area contributed by atoms with E-state index in [4.69, 9.17) is 19.2 Å². The number of aryl methyl sites for hydroxylation is 2. The summed E-state index contributed by atoms with van der Waals surface area (Å²) in [5.41, 5.74) is 4.80. The van der Waals surface area contributed by atoms with E-state index in [9.17, 15) is 0 Å². The van der Waals surface area contributed by atoms with Gasteiger partial charge in [-0.15, -0.1) is 0 Å². The van der Waals surface area contributed by atoms with Gasteiger partial charge in [-0.1, -0.05) is 29.8 Å². The number of aromatic amines is 1. The van der Waals surface area contributed by atoms with Crippen LogP contribution in [-0.4, -0.2) is 24.9 Å². The Morgan fingerprint density at radius 1 is 1.11 bits per heavy atom. The van der Waals surface area contributed by atoms with E-state index in [2.05, 4.69) is 41.4 Å². The van der Waals surface area contributed by atoms with Crippen molar-refractivity contribution in [3.63, 3.8) is 0 Å². The fourth-order valence-electron chi connectivity index (χ4n) is 1.37. The van der Waals surface area contributed by atoms with Gasteiger partial charge in [0.05, 0.1) is 6.20 Å². The number of benzene rings is 1. The van der Waals surface area contributed by atoms with Gasteiger partial charge in [0.2, 0.25) is 0 Å². The highest BCUT2D eigenvalue weighted by Crippen LogP contribution is 2.25. The van der Waals surface area contributed by atoms with Crippen LogP contribution in [0, 0.1) is 13.8 Å². The summed E-state index contributed by atoms with van der Waals surface area (Å²) in [6.45, 7) is 4.12. The van der Waals surface area contributed by atoms with E-state index >= 15 is 0 Å². The highest BCUT2D eigenvalue weighted by atomic mass is 31.2. The van der Waals surface area contributed by atoms with Crippen molar-refractivity contribution in [2.24, 2.45) is 0 Å². The predicted molar refractivity (Wildman–Crippen MR) is 67.8 cm³/mol. The first-order valence-electron chi connectivity index (χ1n) is 5.12. The molecule has 0 spiro atoms. The van der Waals surface area contributed by atoms with Gasteiger partial charge in [-0.05, 0) is 19.4 Å². The van der Waals surface area contributed by atoms with Gasteiger partial charge in [-0.25, -0.2) is 4.57 Å². The third-order valence-electron chi connectivity index (χ3n) is 2.19. The molecule has 0 saturated carbocycles. The van der Waals surface area contributed by atoms with Crippen LogP contribution < -0.4 is 0 Å². The second-order valence-electron chi connectivity index (χ2n) is 3.79. The Balaban J connectivity index is 0.000000280. The zero-order valence-electron chi connectivity index (χ0n) is 10.0. The molecule has 0 atom stereocenters.